The quantitative estimate of drug-likeness (QED) is 0.781. The van der Waals surface area contributed by atoms with Crippen molar-refractivity contribution >= 4 is 5.91 Å². The Balaban J connectivity index is 1.96. The molecule has 2 rings (SSSR count). The van der Waals surface area contributed by atoms with Crippen LogP contribution in [0.2, 0.25) is 0 Å². The van der Waals surface area contributed by atoms with Crippen molar-refractivity contribution in [3.8, 4) is 5.75 Å². The van der Waals surface area contributed by atoms with Crippen LogP contribution in [0.15, 0.2) is 33.9 Å². The molecule has 0 spiro atoms. The third-order valence-corrected chi connectivity index (χ3v) is 4.59. The van der Waals surface area contributed by atoms with Crippen LogP contribution in [0.3, 0.4) is 0 Å². The van der Waals surface area contributed by atoms with Crippen molar-refractivity contribution in [2.45, 2.75) is 39.2 Å². The molecule has 1 aromatic heterocycles. The molecule has 0 fully saturated rings. The number of likely N-dealkylation sites (N-methyl/N-ethyl adjacent to an activating group) is 1. The van der Waals surface area contributed by atoms with E-state index in [0.29, 0.717) is 11.3 Å². The van der Waals surface area contributed by atoms with Gasteiger partial charge < -0.3 is 14.6 Å². The van der Waals surface area contributed by atoms with Gasteiger partial charge in [0, 0.05) is 30.8 Å². The summed E-state index contributed by atoms with van der Waals surface area (Å²) in [6, 6.07) is 7.78. The number of benzene rings is 1. The highest BCUT2D eigenvalue weighted by Crippen LogP contribution is 2.14. The first-order valence-electron chi connectivity index (χ1n) is 8.52. The van der Waals surface area contributed by atoms with Gasteiger partial charge in [0.25, 0.3) is 5.56 Å². The number of hydrogen-bond acceptors (Lipinski definition) is 4. The van der Waals surface area contributed by atoms with E-state index in [0.717, 1.165) is 17.7 Å². The van der Waals surface area contributed by atoms with Crippen LogP contribution in [-0.2, 0) is 17.6 Å². The number of nitrogens with zero attached hydrogens (tertiary/aromatic N) is 1. The van der Waals surface area contributed by atoms with Gasteiger partial charge in [0.2, 0.25) is 5.91 Å². The second-order valence-electron chi connectivity index (χ2n) is 6.42. The van der Waals surface area contributed by atoms with E-state index in [9.17, 15) is 14.4 Å². The molecule has 2 N–H and O–H groups in total. The van der Waals surface area contributed by atoms with E-state index in [1.807, 2.05) is 31.2 Å². The Kier molecular flexibility index (Phi) is 6.38. The van der Waals surface area contributed by atoms with Gasteiger partial charge in [-0.15, -0.1) is 0 Å². The maximum Gasteiger partial charge on any atom is 0.325 e. The molecule has 1 amide bonds. The van der Waals surface area contributed by atoms with Gasteiger partial charge in [-0.1, -0.05) is 12.1 Å². The number of ether oxygens (including phenoxy) is 1. The minimum absolute atomic E-state index is 0.0193. The Morgan fingerprint density at radius 2 is 1.85 bits per heavy atom. The molecular formula is C19H25N3O4. The minimum atomic E-state index is -0.534. The molecule has 2 aromatic rings. The Labute approximate surface area is 152 Å². The largest absolute Gasteiger partial charge is 0.497 e. The van der Waals surface area contributed by atoms with Gasteiger partial charge in [0.05, 0.1) is 7.11 Å². The molecular weight excluding hydrogens is 334 g/mol. The lowest BCUT2D eigenvalue weighted by Gasteiger charge is -2.25. The normalized spacial score (nSPS) is 11.8. The molecule has 0 aliphatic heterocycles. The van der Waals surface area contributed by atoms with E-state index < -0.39 is 11.2 Å². The molecule has 0 saturated carbocycles. The summed E-state index contributed by atoms with van der Waals surface area (Å²) in [5.41, 5.74) is 1.08. The monoisotopic (exact) mass is 359 g/mol. The molecule has 140 valence electrons. The lowest BCUT2D eigenvalue weighted by molar-refractivity contribution is -0.131. The van der Waals surface area contributed by atoms with E-state index in [1.54, 1.807) is 26.0 Å². The zero-order valence-electron chi connectivity index (χ0n) is 15.6. The van der Waals surface area contributed by atoms with E-state index in [1.165, 1.54) is 0 Å². The predicted molar refractivity (Wildman–Crippen MR) is 99.7 cm³/mol. The molecule has 1 aromatic carbocycles. The fourth-order valence-corrected chi connectivity index (χ4v) is 2.82. The number of nitrogens with one attached hydrogen (secondary N) is 2. The van der Waals surface area contributed by atoms with Crippen LogP contribution >= 0.6 is 0 Å². The zero-order chi connectivity index (χ0) is 19.3. The third-order valence-electron chi connectivity index (χ3n) is 4.59. The lowest BCUT2D eigenvalue weighted by Crippen LogP contribution is -2.37. The minimum Gasteiger partial charge on any atom is -0.497 e. The third kappa shape index (κ3) is 4.84. The van der Waals surface area contributed by atoms with E-state index >= 15 is 0 Å². The highest BCUT2D eigenvalue weighted by Gasteiger charge is 2.17. The maximum absolute atomic E-state index is 12.5. The lowest BCUT2D eigenvalue weighted by atomic mass is 10.0. The summed E-state index contributed by atoms with van der Waals surface area (Å²) in [7, 11) is 3.39. The SMILES string of the molecule is COc1ccc(CC(C)N(C)C(=O)CCc2c(C)[nH]c(=O)[nH]c2=O)cc1. The molecule has 0 radical (unpaired) electrons. The number of methoxy groups -OCH3 is 1. The fraction of sp³-hybridized carbons (Fsp3) is 0.421. The number of amides is 1. The average Bonchev–Trinajstić information content (AvgIpc) is 2.60. The van der Waals surface area contributed by atoms with Crippen LogP contribution in [0.5, 0.6) is 5.75 Å². The highest BCUT2D eigenvalue weighted by atomic mass is 16.5. The van der Waals surface area contributed by atoms with Crippen molar-refractivity contribution in [1.29, 1.82) is 0 Å². The topological polar surface area (TPSA) is 95.3 Å². The number of carbonyl (C=O) groups excluding carboxylic acids is 1. The van der Waals surface area contributed by atoms with Gasteiger partial charge in [-0.2, -0.15) is 0 Å². The van der Waals surface area contributed by atoms with Crippen molar-refractivity contribution in [2.75, 3.05) is 14.2 Å². The molecule has 7 heteroatoms. The van der Waals surface area contributed by atoms with Gasteiger partial charge in [-0.25, -0.2) is 4.79 Å². The van der Waals surface area contributed by atoms with Gasteiger partial charge in [-0.05, 0) is 44.4 Å². The van der Waals surface area contributed by atoms with E-state index in [4.69, 9.17) is 4.74 Å². The van der Waals surface area contributed by atoms with E-state index in [-0.39, 0.29) is 24.8 Å². The first-order chi connectivity index (χ1) is 12.3. The molecule has 0 aliphatic rings. The molecule has 26 heavy (non-hydrogen) atoms. The summed E-state index contributed by atoms with van der Waals surface area (Å²) in [4.78, 5) is 42.0. The van der Waals surface area contributed by atoms with Crippen LogP contribution in [0, 0.1) is 6.92 Å². The highest BCUT2D eigenvalue weighted by molar-refractivity contribution is 5.76. The maximum atomic E-state index is 12.5. The number of aryl methyl sites for hydroxylation is 1. The van der Waals surface area contributed by atoms with Crippen LogP contribution < -0.4 is 16.0 Å². The zero-order valence-corrected chi connectivity index (χ0v) is 15.6. The number of hydrogen-bond donors (Lipinski definition) is 2. The number of aromatic amines is 2. The van der Waals surface area contributed by atoms with Crippen molar-refractivity contribution in [3.05, 3.63) is 61.9 Å². The molecule has 1 atom stereocenters. The second-order valence-corrected chi connectivity index (χ2v) is 6.42. The summed E-state index contributed by atoms with van der Waals surface area (Å²) in [6.45, 7) is 3.65. The smallest absolute Gasteiger partial charge is 0.325 e. The van der Waals surface area contributed by atoms with Crippen LogP contribution in [0.25, 0.3) is 0 Å². The van der Waals surface area contributed by atoms with Crippen molar-refractivity contribution in [3.63, 3.8) is 0 Å². The van der Waals surface area contributed by atoms with Gasteiger partial charge in [0.1, 0.15) is 5.75 Å². The van der Waals surface area contributed by atoms with E-state index in [2.05, 4.69) is 9.97 Å². The van der Waals surface area contributed by atoms with Gasteiger partial charge >= 0.3 is 5.69 Å². The van der Waals surface area contributed by atoms with Crippen LogP contribution in [0.1, 0.15) is 30.2 Å². The van der Waals surface area contributed by atoms with Crippen LogP contribution in [-0.4, -0.2) is 41.0 Å². The van der Waals surface area contributed by atoms with Crippen molar-refractivity contribution in [1.82, 2.24) is 14.9 Å². The first kappa shape index (κ1) is 19.5. The molecule has 7 nitrogen and oxygen atoms in total. The second kappa shape index (κ2) is 8.51. The van der Waals surface area contributed by atoms with Gasteiger partial charge in [0.15, 0.2) is 0 Å². The van der Waals surface area contributed by atoms with Crippen LogP contribution in [0.4, 0.5) is 0 Å². The Morgan fingerprint density at radius 3 is 2.42 bits per heavy atom. The van der Waals surface area contributed by atoms with Crippen molar-refractivity contribution < 1.29 is 9.53 Å². The summed E-state index contributed by atoms with van der Waals surface area (Å²) in [5, 5.41) is 0. The number of rotatable bonds is 7. The summed E-state index contributed by atoms with van der Waals surface area (Å²) < 4.78 is 5.15. The Hall–Kier alpha value is -2.83. The van der Waals surface area contributed by atoms with Gasteiger partial charge in [-0.3, -0.25) is 14.6 Å². The average molecular weight is 359 g/mol. The fourth-order valence-electron chi connectivity index (χ4n) is 2.82. The molecule has 0 bridgehead atoms. The number of aromatic nitrogens is 2. The Morgan fingerprint density at radius 1 is 1.19 bits per heavy atom. The summed E-state index contributed by atoms with van der Waals surface area (Å²) in [5.74, 6) is 0.753. The molecule has 0 saturated heterocycles. The first-order valence-corrected chi connectivity index (χ1v) is 8.52. The standard InChI is InChI=1S/C19H25N3O4/c1-12(11-14-5-7-15(26-4)8-6-14)22(3)17(23)10-9-16-13(2)20-19(25)21-18(16)24/h5-8,12H,9-11H2,1-4H3,(H2,20,21,24,25). The molecule has 1 heterocycles. The number of H-pyrrole nitrogens is 2. The Bertz CT molecular complexity index is 868. The summed E-state index contributed by atoms with van der Waals surface area (Å²) in [6.07, 6.45) is 1.22. The predicted octanol–water partition coefficient (Wildman–Crippen LogP) is 1.40. The molecule has 0 aliphatic carbocycles. The van der Waals surface area contributed by atoms with Crippen molar-refractivity contribution in [2.24, 2.45) is 0 Å². The number of carbonyl (C=O) groups is 1. The molecule has 1 unspecified atom stereocenters. The summed E-state index contributed by atoms with van der Waals surface area (Å²) >= 11 is 0.